The highest BCUT2D eigenvalue weighted by Gasteiger charge is 2.31. The van der Waals surface area contributed by atoms with E-state index in [2.05, 4.69) is 24.1 Å². The summed E-state index contributed by atoms with van der Waals surface area (Å²) in [4.78, 5) is 2.77. The lowest BCUT2D eigenvalue weighted by Gasteiger charge is -2.42. The van der Waals surface area contributed by atoms with E-state index in [-0.39, 0.29) is 0 Å². The van der Waals surface area contributed by atoms with Crippen LogP contribution in [0.25, 0.3) is 0 Å². The summed E-state index contributed by atoms with van der Waals surface area (Å²) in [7, 11) is 0. The van der Waals surface area contributed by atoms with E-state index in [1.165, 1.54) is 58.0 Å². The Balaban J connectivity index is 1.89. The van der Waals surface area contributed by atoms with Gasteiger partial charge in [-0.1, -0.05) is 33.1 Å². The Morgan fingerprint density at radius 1 is 1.00 bits per heavy atom. The molecule has 0 amide bonds. The second-order valence-corrected chi connectivity index (χ2v) is 5.90. The summed E-state index contributed by atoms with van der Waals surface area (Å²) < 4.78 is 0. The molecule has 2 rings (SSSR count). The highest BCUT2D eigenvalue weighted by Crippen LogP contribution is 2.30. The van der Waals surface area contributed by atoms with Crippen molar-refractivity contribution in [3.63, 3.8) is 0 Å². The van der Waals surface area contributed by atoms with Crippen LogP contribution >= 0.6 is 0 Å². The minimum Gasteiger partial charge on any atom is -0.313 e. The molecule has 0 aliphatic heterocycles. The molecule has 0 bridgehead atoms. The Morgan fingerprint density at radius 3 is 2.35 bits per heavy atom. The number of likely N-dealkylation sites (N-methyl/N-ethyl adjacent to an activating group) is 2. The molecule has 0 saturated heterocycles. The number of nitrogens with zero attached hydrogens (tertiary/aromatic N) is 1. The molecule has 2 aliphatic rings. The molecular formula is C15H30N2. The molecule has 0 aromatic heterocycles. The molecule has 17 heavy (non-hydrogen) atoms. The van der Waals surface area contributed by atoms with Gasteiger partial charge in [0.05, 0.1) is 0 Å². The molecule has 2 atom stereocenters. The maximum atomic E-state index is 3.72. The molecule has 0 radical (unpaired) electrons. The van der Waals surface area contributed by atoms with E-state index in [9.17, 15) is 0 Å². The summed E-state index contributed by atoms with van der Waals surface area (Å²) in [5, 5.41) is 3.72. The molecule has 0 heterocycles. The predicted octanol–water partition coefficient (Wildman–Crippen LogP) is 3.03. The second kappa shape index (κ2) is 6.75. The van der Waals surface area contributed by atoms with Crippen LogP contribution in [0.5, 0.6) is 0 Å². The molecule has 2 nitrogen and oxygen atoms in total. The van der Waals surface area contributed by atoms with Crippen LogP contribution in [0.1, 0.15) is 58.8 Å². The first-order chi connectivity index (χ1) is 8.35. The van der Waals surface area contributed by atoms with Crippen LogP contribution in [0.2, 0.25) is 0 Å². The largest absolute Gasteiger partial charge is 0.313 e. The third-order valence-electron chi connectivity index (χ3n) is 4.79. The van der Waals surface area contributed by atoms with E-state index in [0.29, 0.717) is 0 Å². The maximum absolute atomic E-state index is 3.72. The Kier molecular flexibility index (Phi) is 5.30. The van der Waals surface area contributed by atoms with Gasteiger partial charge in [-0.25, -0.2) is 0 Å². The monoisotopic (exact) mass is 238 g/mol. The molecule has 1 N–H and O–H groups in total. The van der Waals surface area contributed by atoms with Crippen molar-refractivity contribution in [1.82, 2.24) is 10.2 Å². The smallest absolute Gasteiger partial charge is 0.0249 e. The van der Waals surface area contributed by atoms with Crippen molar-refractivity contribution in [2.75, 3.05) is 19.6 Å². The lowest BCUT2D eigenvalue weighted by atomic mass is 9.83. The van der Waals surface area contributed by atoms with Crippen LogP contribution in [-0.4, -0.2) is 36.6 Å². The van der Waals surface area contributed by atoms with E-state index >= 15 is 0 Å². The zero-order valence-corrected chi connectivity index (χ0v) is 11.8. The molecule has 100 valence electrons. The fourth-order valence-corrected chi connectivity index (χ4v) is 3.55. The highest BCUT2D eigenvalue weighted by atomic mass is 15.2. The molecule has 2 heteroatoms. The first-order valence-electron chi connectivity index (χ1n) is 7.82. The summed E-state index contributed by atoms with van der Waals surface area (Å²) >= 11 is 0. The molecule has 2 fully saturated rings. The molecule has 0 spiro atoms. The topological polar surface area (TPSA) is 15.3 Å². The van der Waals surface area contributed by atoms with Crippen LogP contribution < -0.4 is 5.32 Å². The summed E-state index contributed by atoms with van der Waals surface area (Å²) in [6.45, 7) is 8.32. The summed E-state index contributed by atoms with van der Waals surface area (Å²) in [6, 6.07) is 1.57. The Morgan fingerprint density at radius 2 is 1.76 bits per heavy atom. The zero-order chi connectivity index (χ0) is 12.1. The van der Waals surface area contributed by atoms with Gasteiger partial charge in [-0.2, -0.15) is 0 Å². The normalized spacial score (nSPS) is 30.5. The molecular weight excluding hydrogens is 208 g/mol. The van der Waals surface area contributed by atoms with Crippen molar-refractivity contribution in [3.05, 3.63) is 0 Å². The van der Waals surface area contributed by atoms with Gasteiger partial charge in [0.1, 0.15) is 0 Å². The average molecular weight is 238 g/mol. The summed E-state index contributed by atoms with van der Waals surface area (Å²) in [5.41, 5.74) is 0. The Bertz CT molecular complexity index is 211. The standard InChI is InChI=1S/C15H30N2/c1-3-16-14-10-5-6-11-15(14)17(4-2)12-13-8-7-9-13/h13-16H,3-12H2,1-2H3. The van der Waals surface area contributed by atoms with E-state index in [4.69, 9.17) is 0 Å². The molecule has 0 aromatic rings. The Hall–Kier alpha value is -0.0800. The van der Waals surface area contributed by atoms with Crippen molar-refractivity contribution in [1.29, 1.82) is 0 Å². The number of rotatable bonds is 6. The quantitative estimate of drug-likeness (QED) is 0.765. The molecule has 0 aromatic carbocycles. The van der Waals surface area contributed by atoms with Crippen LogP contribution in [0, 0.1) is 5.92 Å². The van der Waals surface area contributed by atoms with Crippen LogP contribution in [0.3, 0.4) is 0 Å². The average Bonchev–Trinajstić information content (AvgIpc) is 2.30. The summed E-state index contributed by atoms with van der Waals surface area (Å²) in [5.74, 6) is 1.01. The minimum atomic E-state index is 0.758. The lowest BCUT2D eigenvalue weighted by Crippen LogP contribution is -2.53. The van der Waals surface area contributed by atoms with Crippen molar-refractivity contribution in [2.24, 2.45) is 5.92 Å². The third-order valence-corrected chi connectivity index (χ3v) is 4.79. The van der Waals surface area contributed by atoms with Gasteiger partial charge in [-0.15, -0.1) is 0 Å². The Labute approximate surface area is 107 Å². The number of hydrogen-bond donors (Lipinski definition) is 1. The first-order valence-corrected chi connectivity index (χ1v) is 7.82. The van der Waals surface area contributed by atoms with E-state index in [1.54, 1.807) is 0 Å². The van der Waals surface area contributed by atoms with Gasteiger partial charge in [0.2, 0.25) is 0 Å². The van der Waals surface area contributed by atoms with Crippen molar-refractivity contribution in [3.8, 4) is 0 Å². The van der Waals surface area contributed by atoms with Crippen LogP contribution in [0.4, 0.5) is 0 Å². The number of nitrogens with one attached hydrogen (secondary N) is 1. The van der Waals surface area contributed by atoms with E-state index in [1.807, 2.05) is 0 Å². The molecule has 2 aliphatic carbocycles. The van der Waals surface area contributed by atoms with Gasteiger partial charge in [0, 0.05) is 18.6 Å². The van der Waals surface area contributed by atoms with E-state index < -0.39 is 0 Å². The SMILES string of the molecule is CCNC1CCCCC1N(CC)CC1CCC1. The van der Waals surface area contributed by atoms with Gasteiger partial charge < -0.3 is 5.32 Å². The maximum Gasteiger partial charge on any atom is 0.0249 e. The predicted molar refractivity (Wildman–Crippen MR) is 74.3 cm³/mol. The van der Waals surface area contributed by atoms with Gasteiger partial charge in [-0.3, -0.25) is 4.90 Å². The van der Waals surface area contributed by atoms with Crippen LogP contribution in [-0.2, 0) is 0 Å². The second-order valence-electron chi connectivity index (χ2n) is 5.90. The zero-order valence-electron chi connectivity index (χ0n) is 11.8. The van der Waals surface area contributed by atoms with Gasteiger partial charge >= 0.3 is 0 Å². The van der Waals surface area contributed by atoms with Gasteiger partial charge in [-0.05, 0) is 44.7 Å². The van der Waals surface area contributed by atoms with Crippen molar-refractivity contribution < 1.29 is 0 Å². The van der Waals surface area contributed by atoms with Crippen molar-refractivity contribution >= 4 is 0 Å². The van der Waals surface area contributed by atoms with Gasteiger partial charge in [0.25, 0.3) is 0 Å². The number of hydrogen-bond acceptors (Lipinski definition) is 2. The van der Waals surface area contributed by atoms with E-state index in [0.717, 1.165) is 24.5 Å². The molecule has 2 unspecified atom stereocenters. The molecule has 2 saturated carbocycles. The van der Waals surface area contributed by atoms with Crippen LogP contribution in [0.15, 0.2) is 0 Å². The van der Waals surface area contributed by atoms with Crippen molar-refractivity contribution in [2.45, 2.75) is 70.9 Å². The first kappa shape index (κ1) is 13.4. The summed E-state index contributed by atoms with van der Waals surface area (Å²) in [6.07, 6.45) is 10.1. The van der Waals surface area contributed by atoms with Gasteiger partial charge in [0.15, 0.2) is 0 Å². The highest BCUT2D eigenvalue weighted by molar-refractivity contribution is 4.89. The minimum absolute atomic E-state index is 0.758. The fourth-order valence-electron chi connectivity index (χ4n) is 3.55. The third kappa shape index (κ3) is 3.45. The fraction of sp³-hybridized carbons (Fsp3) is 1.00. The lowest BCUT2D eigenvalue weighted by molar-refractivity contribution is 0.0906.